The van der Waals surface area contributed by atoms with E-state index in [4.69, 9.17) is 9.53 Å². The van der Waals surface area contributed by atoms with Crippen molar-refractivity contribution in [1.29, 1.82) is 0 Å². The van der Waals surface area contributed by atoms with Gasteiger partial charge in [0, 0.05) is 6.61 Å². The minimum absolute atomic E-state index is 0.0817. The molecule has 0 spiro atoms. The second kappa shape index (κ2) is 7.92. The van der Waals surface area contributed by atoms with Gasteiger partial charge in [-0.25, -0.2) is 0 Å². The molecule has 1 atom stereocenters. The van der Waals surface area contributed by atoms with E-state index in [1.165, 1.54) is 5.56 Å². The van der Waals surface area contributed by atoms with Crippen molar-refractivity contribution < 1.29 is 9.53 Å². The van der Waals surface area contributed by atoms with Crippen molar-refractivity contribution >= 4 is 14.4 Å². The Morgan fingerprint density at radius 3 is 2.33 bits per heavy atom. The fourth-order valence-corrected chi connectivity index (χ4v) is 3.13. The van der Waals surface area contributed by atoms with E-state index in [1.807, 2.05) is 18.2 Å². The Labute approximate surface area is 131 Å². The lowest BCUT2D eigenvalue weighted by molar-refractivity contribution is 0.194. The summed E-state index contributed by atoms with van der Waals surface area (Å²) in [6, 6.07) is 10.3. The molecule has 3 heteroatoms. The first-order valence-electron chi connectivity index (χ1n) is 7.78. The van der Waals surface area contributed by atoms with Crippen molar-refractivity contribution in [1.82, 2.24) is 0 Å². The molecule has 0 radical (unpaired) electrons. The van der Waals surface area contributed by atoms with Crippen LogP contribution in [0.2, 0.25) is 18.1 Å². The molecule has 21 heavy (non-hydrogen) atoms. The first-order valence-corrected chi connectivity index (χ1v) is 10.7. The summed E-state index contributed by atoms with van der Waals surface area (Å²) in [4.78, 5) is 0. The van der Waals surface area contributed by atoms with Gasteiger partial charge in [0.2, 0.25) is 0 Å². The lowest BCUT2D eigenvalue weighted by Gasteiger charge is -2.38. The highest BCUT2D eigenvalue weighted by Crippen LogP contribution is 2.37. The molecular weight excluding hydrogens is 276 g/mol. The first-order chi connectivity index (χ1) is 9.76. The van der Waals surface area contributed by atoms with E-state index in [-0.39, 0.29) is 17.7 Å². The molecule has 1 N–H and O–H groups in total. The Kier molecular flexibility index (Phi) is 6.85. The van der Waals surface area contributed by atoms with Crippen LogP contribution in [0.15, 0.2) is 36.4 Å². The van der Waals surface area contributed by atoms with E-state index in [2.05, 4.69) is 58.2 Å². The normalized spacial score (nSPS) is 14.6. The van der Waals surface area contributed by atoms with E-state index >= 15 is 0 Å². The van der Waals surface area contributed by atoms with Gasteiger partial charge in [0.05, 0.1) is 6.10 Å². The van der Waals surface area contributed by atoms with Gasteiger partial charge in [0.15, 0.2) is 8.32 Å². The predicted molar refractivity (Wildman–Crippen MR) is 93.9 cm³/mol. The molecular formula is C18H30O2Si. The molecule has 0 heterocycles. The Morgan fingerprint density at radius 2 is 1.81 bits per heavy atom. The Hall–Kier alpha value is -0.903. The SMILES string of the molecule is CC(C)(C)[Si](C)(C)O[C@@H](/C=C/c1ccccc1)CCCO. The molecule has 1 aromatic carbocycles. The zero-order valence-corrected chi connectivity index (χ0v) is 15.1. The van der Waals surface area contributed by atoms with Crippen LogP contribution in [0.5, 0.6) is 0 Å². The van der Waals surface area contributed by atoms with Crippen LogP contribution in [-0.2, 0) is 4.43 Å². The molecule has 118 valence electrons. The molecule has 1 aromatic rings. The summed E-state index contributed by atoms with van der Waals surface area (Å²) in [6.07, 6.45) is 5.99. The largest absolute Gasteiger partial charge is 0.411 e. The summed E-state index contributed by atoms with van der Waals surface area (Å²) in [5, 5.41) is 9.29. The van der Waals surface area contributed by atoms with Gasteiger partial charge in [0.25, 0.3) is 0 Å². The number of hydrogen-bond acceptors (Lipinski definition) is 2. The average Bonchev–Trinajstić information content (AvgIpc) is 2.41. The highest BCUT2D eigenvalue weighted by molar-refractivity contribution is 6.74. The van der Waals surface area contributed by atoms with Crippen molar-refractivity contribution in [3.63, 3.8) is 0 Å². The third kappa shape index (κ3) is 6.16. The molecule has 0 amide bonds. The molecule has 0 unspecified atom stereocenters. The van der Waals surface area contributed by atoms with Gasteiger partial charge in [-0.05, 0) is 36.5 Å². The molecule has 0 aliphatic carbocycles. The minimum atomic E-state index is -1.79. The Balaban J connectivity index is 2.79. The first kappa shape index (κ1) is 18.1. The molecule has 0 saturated carbocycles. The van der Waals surface area contributed by atoms with E-state index < -0.39 is 8.32 Å². The van der Waals surface area contributed by atoms with E-state index in [1.54, 1.807) is 0 Å². The summed E-state index contributed by atoms with van der Waals surface area (Å²) >= 11 is 0. The predicted octanol–water partition coefficient (Wildman–Crippen LogP) is 4.86. The van der Waals surface area contributed by atoms with Crippen molar-refractivity contribution in [2.24, 2.45) is 0 Å². The maximum atomic E-state index is 9.09. The van der Waals surface area contributed by atoms with Gasteiger partial charge < -0.3 is 9.53 Å². The molecule has 0 aliphatic rings. The van der Waals surface area contributed by atoms with Gasteiger partial charge in [-0.15, -0.1) is 0 Å². The fourth-order valence-electron chi connectivity index (χ4n) is 1.82. The molecule has 0 aromatic heterocycles. The third-order valence-corrected chi connectivity index (χ3v) is 8.71. The Bertz CT molecular complexity index is 432. The number of hydrogen-bond donors (Lipinski definition) is 1. The van der Waals surface area contributed by atoms with Crippen molar-refractivity contribution in [2.75, 3.05) is 6.61 Å². The summed E-state index contributed by atoms with van der Waals surface area (Å²) in [6.45, 7) is 11.5. The zero-order valence-electron chi connectivity index (χ0n) is 14.1. The summed E-state index contributed by atoms with van der Waals surface area (Å²) in [5.74, 6) is 0. The number of rotatable bonds is 7. The smallest absolute Gasteiger partial charge is 0.192 e. The van der Waals surface area contributed by atoms with E-state index in [0.717, 1.165) is 12.8 Å². The van der Waals surface area contributed by atoms with E-state index in [9.17, 15) is 0 Å². The maximum absolute atomic E-state index is 9.09. The number of benzene rings is 1. The van der Waals surface area contributed by atoms with Crippen molar-refractivity contribution in [2.45, 2.75) is 57.8 Å². The van der Waals surface area contributed by atoms with Crippen LogP contribution in [0.3, 0.4) is 0 Å². The van der Waals surface area contributed by atoms with Crippen LogP contribution < -0.4 is 0 Å². The molecule has 2 nitrogen and oxygen atoms in total. The fraction of sp³-hybridized carbons (Fsp3) is 0.556. The third-order valence-electron chi connectivity index (χ3n) is 4.20. The second-order valence-corrected chi connectivity index (χ2v) is 11.8. The zero-order chi connectivity index (χ0) is 15.9. The molecule has 0 fully saturated rings. The standard InChI is InChI=1S/C18H30O2Si/c1-18(2,3)21(4,5)20-17(12-9-15-19)14-13-16-10-7-6-8-11-16/h6-8,10-11,13-14,17,19H,9,12,15H2,1-5H3/b14-13+/t17-/m1/s1. The van der Waals surface area contributed by atoms with Gasteiger partial charge >= 0.3 is 0 Å². The van der Waals surface area contributed by atoms with Crippen LogP contribution >= 0.6 is 0 Å². The monoisotopic (exact) mass is 306 g/mol. The number of aliphatic hydroxyl groups excluding tert-OH is 1. The molecule has 1 rings (SSSR count). The van der Waals surface area contributed by atoms with Crippen LogP contribution in [0, 0.1) is 0 Å². The van der Waals surface area contributed by atoms with Crippen LogP contribution in [0.25, 0.3) is 6.08 Å². The Morgan fingerprint density at radius 1 is 1.19 bits per heavy atom. The van der Waals surface area contributed by atoms with Crippen molar-refractivity contribution in [3.05, 3.63) is 42.0 Å². The number of aliphatic hydroxyl groups is 1. The summed E-state index contributed by atoms with van der Waals surface area (Å²) in [7, 11) is -1.79. The van der Waals surface area contributed by atoms with Gasteiger partial charge in [-0.2, -0.15) is 0 Å². The quantitative estimate of drug-likeness (QED) is 0.729. The lowest BCUT2D eigenvalue weighted by Crippen LogP contribution is -2.43. The summed E-state index contributed by atoms with van der Waals surface area (Å²) < 4.78 is 6.47. The summed E-state index contributed by atoms with van der Waals surface area (Å²) in [5.41, 5.74) is 1.19. The van der Waals surface area contributed by atoms with Crippen LogP contribution in [0.1, 0.15) is 39.2 Å². The van der Waals surface area contributed by atoms with Crippen molar-refractivity contribution in [3.8, 4) is 0 Å². The van der Waals surface area contributed by atoms with Gasteiger partial charge in [-0.3, -0.25) is 0 Å². The van der Waals surface area contributed by atoms with Gasteiger partial charge in [0.1, 0.15) is 0 Å². The molecule has 0 aliphatic heterocycles. The topological polar surface area (TPSA) is 29.5 Å². The van der Waals surface area contributed by atoms with Gasteiger partial charge in [-0.1, -0.05) is 63.3 Å². The van der Waals surface area contributed by atoms with E-state index in [0.29, 0.717) is 0 Å². The highest BCUT2D eigenvalue weighted by Gasteiger charge is 2.38. The maximum Gasteiger partial charge on any atom is 0.192 e. The lowest BCUT2D eigenvalue weighted by atomic mass is 10.1. The second-order valence-electron chi connectivity index (χ2n) is 7.05. The highest BCUT2D eigenvalue weighted by atomic mass is 28.4. The van der Waals surface area contributed by atoms with Crippen LogP contribution in [0.4, 0.5) is 0 Å². The molecule has 0 saturated heterocycles. The van der Waals surface area contributed by atoms with Crippen LogP contribution in [-0.4, -0.2) is 26.1 Å². The average molecular weight is 307 g/mol. The molecule has 0 bridgehead atoms. The minimum Gasteiger partial charge on any atom is -0.411 e.